The van der Waals surface area contributed by atoms with Crippen molar-refractivity contribution in [2.24, 2.45) is 5.92 Å². The van der Waals surface area contributed by atoms with Crippen molar-refractivity contribution in [3.05, 3.63) is 66.2 Å². The summed E-state index contributed by atoms with van der Waals surface area (Å²) in [7, 11) is -3.98. The van der Waals surface area contributed by atoms with Crippen LogP contribution in [0.15, 0.2) is 64.7 Å². The Morgan fingerprint density at radius 3 is 2.68 bits per heavy atom. The minimum Gasteiger partial charge on any atom is -0.471 e. The van der Waals surface area contributed by atoms with Gasteiger partial charge in [-0.15, -0.1) is 5.10 Å². The number of aromatic nitrogens is 4. The van der Waals surface area contributed by atoms with Crippen LogP contribution in [0.3, 0.4) is 0 Å². The second kappa shape index (κ2) is 10.0. The van der Waals surface area contributed by atoms with E-state index >= 15 is 0 Å². The number of anilines is 2. The van der Waals surface area contributed by atoms with Crippen LogP contribution in [0.1, 0.15) is 12.8 Å². The highest BCUT2D eigenvalue weighted by molar-refractivity contribution is 7.92. The zero-order valence-electron chi connectivity index (χ0n) is 20.3. The molecular weight excluding hydrogens is 533 g/mol. The molecule has 1 aliphatic carbocycles. The Hall–Kier alpha value is -3.48. The fourth-order valence-electron chi connectivity index (χ4n) is 4.54. The van der Waals surface area contributed by atoms with E-state index in [2.05, 4.69) is 29.8 Å². The highest BCUT2D eigenvalue weighted by Gasteiger charge is 2.27. The van der Waals surface area contributed by atoms with Crippen LogP contribution < -0.4 is 9.62 Å². The number of halogens is 2. The zero-order valence-corrected chi connectivity index (χ0v) is 21.9. The number of nitrogens with zero attached hydrogens (tertiary/aromatic N) is 6. The lowest BCUT2D eigenvalue weighted by atomic mass is 10.2. The van der Waals surface area contributed by atoms with Crippen LogP contribution in [0.2, 0.25) is 5.02 Å². The summed E-state index contributed by atoms with van der Waals surface area (Å²) in [6.07, 6.45) is 10.1. The van der Waals surface area contributed by atoms with Crippen molar-refractivity contribution in [2.75, 3.05) is 42.3 Å². The molecule has 2 aliphatic rings. The molecule has 1 aromatic carbocycles. The van der Waals surface area contributed by atoms with Crippen LogP contribution in [-0.4, -0.2) is 66.0 Å². The molecule has 1 saturated heterocycles. The first-order valence-electron chi connectivity index (χ1n) is 12.3. The first-order chi connectivity index (χ1) is 18.4. The summed E-state index contributed by atoms with van der Waals surface area (Å²) >= 11 is 6.44. The second-order valence-electron chi connectivity index (χ2n) is 9.53. The Labute approximate surface area is 224 Å². The SMILES string of the molecule is O=S(=O)(Nc1ccc(F)c(-n2cc(-c3cncc(N4CCN(CC5CC5)CC4)c3)nn2)c1Cl)c1ccoc1. The molecule has 1 aliphatic heterocycles. The lowest BCUT2D eigenvalue weighted by Crippen LogP contribution is -2.47. The number of nitrogens with one attached hydrogen (secondary N) is 1. The van der Waals surface area contributed by atoms with Crippen molar-refractivity contribution >= 4 is 33.0 Å². The van der Waals surface area contributed by atoms with E-state index in [9.17, 15) is 12.8 Å². The van der Waals surface area contributed by atoms with Gasteiger partial charge in [0, 0.05) is 44.5 Å². The van der Waals surface area contributed by atoms with E-state index in [4.69, 9.17) is 16.0 Å². The Morgan fingerprint density at radius 1 is 1.13 bits per heavy atom. The van der Waals surface area contributed by atoms with Gasteiger partial charge in [0.15, 0.2) is 5.82 Å². The van der Waals surface area contributed by atoms with Crippen LogP contribution in [0.5, 0.6) is 0 Å². The summed E-state index contributed by atoms with van der Waals surface area (Å²) in [4.78, 5) is 9.14. The maximum absolute atomic E-state index is 14.9. The first kappa shape index (κ1) is 24.8. The number of sulfonamides is 1. The van der Waals surface area contributed by atoms with Crippen molar-refractivity contribution in [2.45, 2.75) is 17.7 Å². The van der Waals surface area contributed by atoms with Crippen molar-refractivity contribution in [3.8, 4) is 16.9 Å². The monoisotopic (exact) mass is 557 g/mol. The van der Waals surface area contributed by atoms with Gasteiger partial charge in [0.05, 0.1) is 35.1 Å². The van der Waals surface area contributed by atoms with E-state index < -0.39 is 15.8 Å². The smallest absolute Gasteiger partial charge is 0.265 e. The summed E-state index contributed by atoms with van der Waals surface area (Å²) in [6, 6.07) is 5.64. The summed E-state index contributed by atoms with van der Waals surface area (Å²) in [5.41, 5.74) is 2.05. The number of furan rings is 1. The normalized spacial score (nSPS) is 16.6. The molecule has 2 fully saturated rings. The number of pyridine rings is 1. The van der Waals surface area contributed by atoms with Crippen molar-refractivity contribution in [1.29, 1.82) is 0 Å². The highest BCUT2D eigenvalue weighted by atomic mass is 35.5. The van der Waals surface area contributed by atoms with Crippen LogP contribution in [0.25, 0.3) is 16.9 Å². The average Bonchev–Trinajstić information content (AvgIpc) is 3.34. The van der Waals surface area contributed by atoms with E-state index in [1.807, 2.05) is 12.3 Å². The van der Waals surface area contributed by atoms with Gasteiger partial charge in [-0.2, -0.15) is 0 Å². The number of benzene rings is 1. The Kier molecular flexibility index (Phi) is 6.54. The zero-order chi connectivity index (χ0) is 26.3. The molecule has 0 amide bonds. The fourth-order valence-corrected chi connectivity index (χ4v) is 5.88. The molecule has 38 heavy (non-hydrogen) atoms. The fraction of sp³-hybridized carbons (Fsp3) is 0.320. The molecule has 0 spiro atoms. The molecule has 1 saturated carbocycles. The first-order valence-corrected chi connectivity index (χ1v) is 14.1. The third-order valence-corrected chi connectivity index (χ3v) is 8.53. The summed E-state index contributed by atoms with van der Waals surface area (Å²) < 4.78 is 48.5. The molecule has 0 atom stereocenters. The molecular formula is C25H25ClFN7O3S. The van der Waals surface area contributed by atoms with Crippen molar-refractivity contribution in [3.63, 3.8) is 0 Å². The number of hydrogen-bond donors (Lipinski definition) is 1. The van der Waals surface area contributed by atoms with E-state index in [1.165, 1.54) is 48.7 Å². The number of rotatable bonds is 8. The molecule has 10 nitrogen and oxygen atoms in total. The van der Waals surface area contributed by atoms with E-state index in [0.29, 0.717) is 5.69 Å². The molecule has 13 heteroatoms. The van der Waals surface area contributed by atoms with Gasteiger partial charge in [-0.25, -0.2) is 17.5 Å². The lowest BCUT2D eigenvalue weighted by Gasteiger charge is -2.36. The Balaban J connectivity index is 1.22. The molecule has 4 aromatic rings. The van der Waals surface area contributed by atoms with Gasteiger partial charge in [-0.1, -0.05) is 16.8 Å². The van der Waals surface area contributed by atoms with Gasteiger partial charge in [-0.05, 0) is 43.0 Å². The molecule has 0 unspecified atom stereocenters. The molecule has 0 bridgehead atoms. The minimum absolute atomic E-state index is 0.00851. The standard InChI is InChI=1S/C25H25ClFN7O3S/c26-24-22(30-38(35,36)20-5-10-37-16-20)4-3-21(27)25(24)34-15-23(29-31-34)18-11-19(13-28-12-18)33-8-6-32(7-9-33)14-17-1-2-17/h3-5,10-13,15-17,30H,1-2,6-9,14H2. The maximum atomic E-state index is 14.9. The van der Waals surface area contributed by atoms with Gasteiger partial charge in [0.25, 0.3) is 10.0 Å². The van der Waals surface area contributed by atoms with Crippen LogP contribution >= 0.6 is 11.6 Å². The highest BCUT2D eigenvalue weighted by Crippen LogP contribution is 2.34. The lowest BCUT2D eigenvalue weighted by molar-refractivity contribution is 0.248. The van der Waals surface area contributed by atoms with Gasteiger partial charge in [0.1, 0.15) is 22.5 Å². The van der Waals surface area contributed by atoms with Crippen LogP contribution in [0.4, 0.5) is 15.8 Å². The summed E-state index contributed by atoms with van der Waals surface area (Å²) in [5, 5.41) is 8.09. The van der Waals surface area contributed by atoms with Crippen LogP contribution in [0, 0.1) is 11.7 Å². The molecule has 3 aromatic heterocycles. The number of piperazine rings is 1. The van der Waals surface area contributed by atoms with Gasteiger partial charge < -0.3 is 9.32 Å². The molecule has 1 N–H and O–H groups in total. The molecule has 0 radical (unpaired) electrons. The molecule has 4 heterocycles. The van der Waals surface area contributed by atoms with E-state index in [0.717, 1.165) is 55.7 Å². The topological polar surface area (TPSA) is 109 Å². The molecule has 6 rings (SSSR count). The van der Waals surface area contributed by atoms with Gasteiger partial charge in [0.2, 0.25) is 0 Å². The quantitative estimate of drug-likeness (QED) is 0.346. The summed E-state index contributed by atoms with van der Waals surface area (Å²) in [6.45, 7) is 5.09. The third-order valence-electron chi connectivity index (χ3n) is 6.81. The third kappa shape index (κ3) is 5.11. The largest absolute Gasteiger partial charge is 0.471 e. The predicted molar refractivity (Wildman–Crippen MR) is 140 cm³/mol. The average molecular weight is 558 g/mol. The second-order valence-corrected chi connectivity index (χ2v) is 11.6. The van der Waals surface area contributed by atoms with E-state index in [-0.39, 0.29) is 21.3 Å². The van der Waals surface area contributed by atoms with E-state index in [1.54, 1.807) is 6.20 Å². The number of hydrogen-bond acceptors (Lipinski definition) is 8. The van der Waals surface area contributed by atoms with Crippen molar-refractivity contribution in [1.82, 2.24) is 24.9 Å². The Morgan fingerprint density at radius 2 is 1.95 bits per heavy atom. The van der Waals surface area contributed by atoms with Crippen LogP contribution in [-0.2, 0) is 10.0 Å². The van der Waals surface area contributed by atoms with Gasteiger partial charge >= 0.3 is 0 Å². The minimum atomic E-state index is -3.98. The van der Waals surface area contributed by atoms with Crippen molar-refractivity contribution < 1.29 is 17.2 Å². The summed E-state index contributed by atoms with van der Waals surface area (Å²) in [5.74, 6) is 0.193. The predicted octanol–water partition coefficient (Wildman–Crippen LogP) is 4.05. The molecule has 198 valence electrons. The van der Waals surface area contributed by atoms with Gasteiger partial charge in [-0.3, -0.25) is 14.6 Å². The Bertz CT molecular complexity index is 1550. The maximum Gasteiger partial charge on any atom is 0.265 e.